The summed E-state index contributed by atoms with van der Waals surface area (Å²) in [6.07, 6.45) is 0. The van der Waals surface area contributed by atoms with E-state index in [9.17, 15) is 13.2 Å². The van der Waals surface area contributed by atoms with Crippen LogP contribution in [0.15, 0.2) is 62.4 Å². The number of aryl methyl sites for hydroxylation is 1. The Morgan fingerprint density at radius 3 is 2.56 bits per heavy atom. The van der Waals surface area contributed by atoms with Gasteiger partial charge in [0.05, 0.1) is 9.92 Å². The highest BCUT2D eigenvalue weighted by Crippen LogP contribution is 2.27. The molecule has 3 rings (SSSR count). The number of nitrogens with one attached hydrogen (secondary N) is 3. The maximum absolute atomic E-state index is 12.4. The van der Waals surface area contributed by atoms with Gasteiger partial charge in [0.15, 0.2) is 17.5 Å². The van der Waals surface area contributed by atoms with Crippen LogP contribution in [0.3, 0.4) is 0 Å². The van der Waals surface area contributed by atoms with Crippen LogP contribution in [0.5, 0.6) is 5.75 Å². The van der Waals surface area contributed by atoms with Crippen LogP contribution in [0.1, 0.15) is 5.76 Å². The number of carbonyl (C=O) groups is 1. The van der Waals surface area contributed by atoms with Crippen molar-refractivity contribution < 1.29 is 22.5 Å². The minimum Gasteiger partial charge on any atom is -0.482 e. The quantitative estimate of drug-likeness (QED) is 0.370. The van der Waals surface area contributed by atoms with Gasteiger partial charge in [-0.1, -0.05) is 32.7 Å². The van der Waals surface area contributed by atoms with E-state index in [0.29, 0.717) is 22.2 Å². The van der Waals surface area contributed by atoms with Gasteiger partial charge < -0.3 is 14.6 Å². The van der Waals surface area contributed by atoms with Crippen molar-refractivity contribution in [1.29, 1.82) is 0 Å². The predicted octanol–water partition coefficient (Wildman–Crippen LogP) is 4.09. The molecule has 3 aromatic rings. The predicted molar refractivity (Wildman–Crippen MR) is 128 cm³/mol. The molecule has 1 aromatic heterocycles. The molecule has 0 aliphatic rings. The summed E-state index contributed by atoms with van der Waals surface area (Å²) in [5.74, 6) is 0.422. The Morgan fingerprint density at radius 2 is 1.94 bits per heavy atom. The van der Waals surface area contributed by atoms with E-state index in [0.717, 1.165) is 4.47 Å². The number of benzene rings is 2. The summed E-state index contributed by atoms with van der Waals surface area (Å²) in [7, 11) is -3.84. The molecule has 0 radical (unpaired) electrons. The van der Waals surface area contributed by atoms with Crippen LogP contribution in [0.4, 0.5) is 11.5 Å². The zero-order valence-corrected chi connectivity index (χ0v) is 20.4. The molecule has 0 atom stereocenters. The molecule has 0 aliphatic carbocycles. The van der Waals surface area contributed by atoms with Gasteiger partial charge in [-0.25, -0.2) is 8.42 Å². The van der Waals surface area contributed by atoms with Crippen LogP contribution in [0.25, 0.3) is 0 Å². The van der Waals surface area contributed by atoms with Crippen LogP contribution in [-0.4, -0.2) is 31.2 Å². The van der Waals surface area contributed by atoms with Crippen LogP contribution in [0.2, 0.25) is 5.02 Å². The van der Waals surface area contributed by atoms with Gasteiger partial charge in [-0.2, -0.15) is 0 Å². The molecule has 0 saturated carbocycles. The Balaban J connectivity index is 1.52. The molecule has 3 N–H and O–H groups in total. The average molecular weight is 560 g/mol. The van der Waals surface area contributed by atoms with Gasteiger partial charge in [0.2, 0.25) is 0 Å². The van der Waals surface area contributed by atoms with Crippen LogP contribution < -0.4 is 20.1 Å². The van der Waals surface area contributed by atoms with Crippen molar-refractivity contribution in [3.63, 3.8) is 0 Å². The molecule has 0 saturated heterocycles. The van der Waals surface area contributed by atoms with Gasteiger partial charge in [0.25, 0.3) is 15.9 Å². The lowest BCUT2D eigenvalue weighted by Crippen LogP contribution is -2.37. The first-order chi connectivity index (χ1) is 15.1. The fourth-order valence-corrected chi connectivity index (χ4v) is 4.33. The van der Waals surface area contributed by atoms with Gasteiger partial charge in [0.1, 0.15) is 11.5 Å². The molecule has 1 heterocycles. The van der Waals surface area contributed by atoms with E-state index in [1.807, 2.05) is 0 Å². The standard InChI is InChI=1S/C19H16BrClN4O5S2/c1-11-8-17(24-30-11)25-32(27,28)14-5-3-13(4-6-14)22-19(31)23-18(26)10-29-16-7-2-12(20)9-15(16)21/h2-9H,10H2,1H3,(H,24,25)(H2,22,23,26,31). The van der Waals surface area contributed by atoms with Crippen LogP contribution >= 0.6 is 39.7 Å². The highest BCUT2D eigenvalue weighted by molar-refractivity contribution is 9.10. The maximum Gasteiger partial charge on any atom is 0.264 e. The number of hydrogen-bond donors (Lipinski definition) is 3. The number of hydrogen-bond acceptors (Lipinski definition) is 7. The molecule has 0 fully saturated rings. The number of rotatable bonds is 7. The van der Waals surface area contributed by atoms with E-state index in [1.165, 1.54) is 30.3 Å². The van der Waals surface area contributed by atoms with Gasteiger partial charge >= 0.3 is 0 Å². The maximum atomic E-state index is 12.4. The first kappa shape index (κ1) is 24.0. The summed E-state index contributed by atoms with van der Waals surface area (Å²) in [6.45, 7) is 1.35. The summed E-state index contributed by atoms with van der Waals surface area (Å²) >= 11 is 14.4. The normalized spacial score (nSPS) is 11.0. The first-order valence-corrected chi connectivity index (χ1v) is 11.9. The van der Waals surface area contributed by atoms with Crippen molar-refractivity contribution in [2.45, 2.75) is 11.8 Å². The van der Waals surface area contributed by atoms with E-state index in [4.69, 9.17) is 33.1 Å². The Labute approximate surface area is 202 Å². The van der Waals surface area contributed by atoms with Crippen molar-refractivity contribution in [3.05, 3.63) is 63.8 Å². The third-order valence-corrected chi connectivity index (χ3v) is 6.16. The second-order valence-electron chi connectivity index (χ2n) is 6.32. The molecule has 2 aromatic carbocycles. The fourth-order valence-electron chi connectivity index (χ4n) is 2.39. The van der Waals surface area contributed by atoms with Gasteiger partial charge in [-0.3, -0.25) is 14.8 Å². The number of carbonyl (C=O) groups excluding carboxylic acids is 1. The topological polar surface area (TPSA) is 123 Å². The Hall–Kier alpha value is -2.67. The van der Waals surface area contributed by atoms with E-state index in [1.54, 1.807) is 25.1 Å². The zero-order valence-electron chi connectivity index (χ0n) is 16.4. The van der Waals surface area contributed by atoms with Gasteiger partial charge in [0, 0.05) is 16.2 Å². The minimum atomic E-state index is -3.84. The second kappa shape index (κ2) is 10.3. The lowest BCUT2D eigenvalue weighted by molar-refractivity contribution is -0.121. The number of nitrogens with zero attached hydrogens (tertiary/aromatic N) is 1. The highest BCUT2D eigenvalue weighted by Gasteiger charge is 2.16. The molecule has 13 heteroatoms. The summed E-state index contributed by atoms with van der Waals surface area (Å²) in [5, 5.41) is 9.23. The van der Waals surface area contributed by atoms with E-state index >= 15 is 0 Å². The molecule has 1 amide bonds. The largest absolute Gasteiger partial charge is 0.482 e. The summed E-state index contributed by atoms with van der Waals surface area (Å²) < 4.78 is 38.1. The minimum absolute atomic E-state index is 0.0124. The van der Waals surface area contributed by atoms with Crippen LogP contribution in [0, 0.1) is 6.92 Å². The molecular formula is C19H16BrClN4O5S2. The lowest BCUT2D eigenvalue weighted by Gasteiger charge is -2.12. The number of anilines is 2. The Bertz CT molecular complexity index is 1250. The number of aromatic nitrogens is 1. The number of halogens is 2. The molecule has 0 bridgehead atoms. The van der Waals surface area contributed by atoms with Crippen molar-refractivity contribution in [2.24, 2.45) is 0 Å². The van der Waals surface area contributed by atoms with Crippen molar-refractivity contribution in [2.75, 3.05) is 16.6 Å². The Kier molecular flexibility index (Phi) is 7.72. The monoisotopic (exact) mass is 558 g/mol. The molecule has 0 aliphatic heterocycles. The van der Waals surface area contributed by atoms with Gasteiger partial charge in [-0.05, 0) is 61.6 Å². The third-order valence-electron chi connectivity index (χ3n) is 3.80. The van der Waals surface area contributed by atoms with Crippen molar-refractivity contribution in [1.82, 2.24) is 10.5 Å². The molecule has 168 valence electrons. The summed E-state index contributed by atoms with van der Waals surface area (Å²) in [6, 6.07) is 12.2. The Morgan fingerprint density at radius 1 is 1.22 bits per heavy atom. The third kappa shape index (κ3) is 6.66. The van der Waals surface area contributed by atoms with E-state index < -0.39 is 15.9 Å². The second-order valence-corrected chi connectivity index (χ2v) is 9.73. The SMILES string of the molecule is Cc1cc(NS(=O)(=O)c2ccc(NC(=S)NC(=O)COc3ccc(Br)cc3Cl)cc2)no1. The summed E-state index contributed by atoms with van der Waals surface area (Å²) in [4.78, 5) is 12.1. The van der Waals surface area contributed by atoms with Crippen molar-refractivity contribution >= 4 is 72.3 Å². The molecular weight excluding hydrogens is 544 g/mol. The lowest BCUT2D eigenvalue weighted by atomic mass is 10.3. The van der Waals surface area contributed by atoms with E-state index in [2.05, 4.69) is 36.4 Å². The number of ether oxygens (including phenoxy) is 1. The zero-order chi connectivity index (χ0) is 23.3. The number of sulfonamides is 1. The highest BCUT2D eigenvalue weighted by atomic mass is 79.9. The molecule has 9 nitrogen and oxygen atoms in total. The van der Waals surface area contributed by atoms with Crippen molar-refractivity contribution in [3.8, 4) is 5.75 Å². The van der Waals surface area contributed by atoms with Crippen LogP contribution in [-0.2, 0) is 14.8 Å². The summed E-state index contributed by atoms with van der Waals surface area (Å²) in [5.41, 5.74) is 0.475. The number of amides is 1. The molecule has 0 unspecified atom stereocenters. The number of thiocarbonyl (C=S) groups is 1. The molecule has 32 heavy (non-hydrogen) atoms. The van der Waals surface area contributed by atoms with E-state index in [-0.39, 0.29) is 22.4 Å². The average Bonchev–Trinajstić information content (AvgIpc) is 3.11. The smallest absolute Gasteiger partial charge is 0.264 e. The molecule has 0 spiro atoms. The first-order valence-electron chi connectivity index (χ1n) is 8.87. The van der Waals surface area contributed by atoms with Gasteiger partial charge in [-0.15, -0.1) is 0 Å². The fraction of sp³-hybridized carbons (Fsp3) is 0.105.